The Labute approximate surface area is 87.8 Å². The first-order valence-corrected chi connectivity index (χ1v) is 4.76. The van der Waals surface area contributed by atoms with Crippen molar-refractivity contribution in [2.45, 2.75) is 13.8 Å². The molecule has 0 amide bonds. The van der Waals surface area contributed by atoms with Crippen LogP contribution in [0.5, 0.6) is 5.75 Å². The molecule has 1 rings (SSSR count). The molecule has 2 nitrogen and oxygen atoms in total. The van der Waals surface area contributed by atoms with Gasteiger partial charge in [0.25, 0.3) is 0 Å². The van der Waals surface area contributed by atoms with Crippen molar-refractivity contribution in [2.75, 3.05) is 12.3 Å². The van der Waals surface area contributed by atoms with Crippen LogP contribution in [0.25, 0.3) is 0 Å². The Morgan fingerprint density at radius 3 is 2.71 bits per heavy atom. The van der Waals surface area contributed by atoms with E-state index < -0.39 is 5.82 Å². The van der Waals surface area contributed by atoms with E-state index in [1.54, 1.807) is 0 Å². The maximum absolute atomic E-state index is 12.9. The third-order valence-corrected chi connectivity index (χ3v) is 1.91. The highest BCUT2D eigenvalue weighted by Crippen LogP contribution is 2.28. The monoisotopic (exact) mass is 217 g/mol. The number of anilines is 1. The molecular formula is C10H13ClFNO. The lowest BCUT2D eigenvalue weighted by Gasteiger charge is -2.11. The molecule has 14 heavy (non-hydrogen) atoms. The van der Waals surface area contributed by atoms with Gasteiger partial charge in [-0.05, 0) is 5.92 Å². The van der Waals surface area contributed by atoms with Crippen LogP contribution in [-0.4, -0.2) is 6.61 Å². The minimum absolute atomic E-state index is 0.0259. The molecule has 0 aliphatic rings. The number of hydrogen-bond donors (Lipinski definition) is 1. The summed E-state index contributed by atoms with van der Waals surface area (Å²) in [5, 5.41) is 0.0259. The van der Waals surface area contributed by atoms with Crippen molar-refractivity contribution >= 4 is 17.3 Å². The molecule has 1 aromatic carbocycles. The lowest BCUT2D eigenvalue weighted by atomic mass is 10.2. The van der Waals surface area contributed by atoms with Gasteiger partial charge in [0.2, 0.25) is 0 Å². The van der Waals surface area contributed by atoms with Crippen LogP contribution in [0.2, 0.25) is 5.02 Å². The third kappa shape index (κ3) is 2.77. The van der Waals surface area contributed by atoms with E-state index in [-0.39, 0.29) is 10.7 Å². The van der Waals surface area contributed by atoms with Crippen LogP contribution in [0.1, 0.15) is 13.8 Å². The van der Waals surface area contributed by atoms with E-state index in [1.165, 1.54) is 6.07 Å². The first kappa shape index (κ1) is 11.1. The van der Waals surface area contributed by atoms with Gasteiger partial charge in [0.15, 0.2) is 0 Å². The molecule has 0 spiro atoms. The van der Waals surface area contributed by atoms with Gasteiger partial charge >= 0.3 is 0 Å². The quantitative estimate of drug-likeness (QED) is 0.790. The second-order valence-corrected chi connectivity index (χ2v) is 3.92. The molecule has 2 N–H and O–H groups in total. The maximum atomic E-state index is 12.9. The fourth-order valence-corrected chi connectivity index (χ4v) is 1.08. The highest BCUT2D eigenvalue weighted by molar-refractivity contribution is 6.31. The van der Waals surface area contributed by atoms with E-state index in [4.69, 9.17) is 22.1 Å². The summed E-state index contributed by atoms with van der Waals surface area (Å²) in [4.78, 5) is 0. The van der Waals surface area contributed by atoms with Gasteiger partial charge in [0.05, 0.1) is 17.3 Å². The summed E-state index contributed by atoms with van der Waals surface area (Å²) in [6.07, 6.45) is 0. The Bertz CT molecular complexity index is 328. The number of rotatable bonds is 3. The van der Waals surface area contributed by atoms with Crippen LogP contribution in [0.4, 0.5) is 10.1 Å². The first-order valence-electron chi connectivity index (χ1n) is 4.38. The van der Waals surface area contributed by atoms with E-state index in [0.29, 0.717) is 18.3 Å². The molecule has 0 bridgehead atoms. The minimum Gasteiger partial charge on any atom is -0.491 e. The lowest BCUT2D eigenvalue weighted by molar-refractivity contribution is 0.272. The van der Waals surface area contributed by atoms with Crippen LogP contribution >= 0.6 is 11.6 Å². The van der Waals surface area contributed by atoms with Crippen LogP contribution in [0, 0.1) is 11.7 Å². The van der Waals surface area contributed by atoms with Crippen LogP contribution in [-0.2, 0) is 0 Å². The number of benzene rings is 1. The molecule has 0 fully saturated rings. The Morgan fingerprint density at radius 1 is 1.50 bits per heavy atom. The van der Waals surface area contributed by atoms with Gasteiger partial charge in [0.1, 0.15) is 11.6 Å². The molecule has 0 radical (unpaired) electrons. The van der Waals surface area contributed by atoms with Gasteiger partial charge in [0, 0.05) is 12.1 Å². The van der Waals surface area contributed by atoms with Gasteiger partial charge in [-0.1, -0.05) is 25.4 Å². The zero-order chi connectivity index (χ0) is 10.7. The summed E-state index contributed by atoms with van der Waals surface area (Å²) in [7, 11) is 0. The van der Waals surface area contributed by atoms with Gasteiger partial charge < -0.3 is 10.5 Å². The molecule has 0 saturated heterocycles. The van der Waals surface area contributed by atoms with Crippen LogP contribution in [0.15, 0.2) is 12.1 Å². The smallest absolute Gasteiger partial charge is 0.144 e. The summed E-state index contributed by atoms with van der Waals surface area (Å²) in [6, 6.07) is 2.56. The molecule has 0 aliphatic carbocycles. The van der Waals surface area contributed by atoms with E-state index in [0.717, 1.165) is 6.07 Å². The maximum Gasteiger partial charge on any atom is 0.144 e. The lowest BCUT2D eigenvalue weighted by Crippen LogP contribution is -2.06. The highest BCUT2D eigenvalue weighted by Gasteiger charge is 2.07. The van der Waals surface area contributed by atoms with Crippen molar-refractivity contribution in [3.05, 3.63) is 23.0 Å². The average molecular weight is 218 g/mol. The van der Waals surface area contributed by atoms with Crippen molar-refractivity contribution in [1.29, 1.82) is 0 Å². The molecule has 0 aromatic heterocycles. The highest BCUT2D eigenvalue weighted by atomic mass is 35.5. The normalized spacial score (nSPS) is 10.6. The fraction of sp³-hybridized carbons (Fsp3) is 0.400. The van der Waals surface area contributed by atoms with Crippen LogP contribution < -0.4 is 10.5 Å². The second kappa shape index (κ2) is 4.51. The molecule has 1 aromatic rings. The predicted molar refractivity (Wildman–Crippen MR) is 56.2 cm³/mol. The van der Waals surface area contributed by atoms with Gasteiger partial charge in [-0.2, -0.15) is 0 Å². The van der Waals surface area contributed by atoms with Crippen molar-refractivity contribution < 1.29 is 9.13 Å². The van der Waals surface area contributed by atoms with E-state index in [2.05, 4.69) is 0 Å². The summed E-state index contributed by atoms with van der Waals surface area (Å²) >= 11 is 5.59. The minimum atomic E-state index is -0.527. The number of hydrogen-bond acceptors (Lipinski definition) is 2. The SMILES string of the molecule is CC(C)COc1cc(Cl)c(F)cc1N. The molecule has 4 heteroatoms. The summed E-state index contributed by atoms with van der Waals surface area (Å²) in [5.41, 5.74) is 5.82. The van der Waals surface area contributed by atoms with Gasteiger partial charge in [-0.3, -0.25) is 0 Å². The van der Waals surface area contributed by atoms with E-state index in [9.17, 15) is 4.39 Å². The standard InChI is InChI=1S/C10H13ClFNO/c1-6(2)5-14-10-3-7(11)8(12)4-9(10)13/h3-4,6H,5,13H2,1-2H3. The molecule has 0 unspecified atom stereocenters. The Morgan fingerprint density at radius 2 is 2.14 bits per heavy atom. The third-order valence-electron chi connectivity index (χ3n) is 1.62. The Hall–Kier alpha value is -0.960. The molecule has 78 valence electrons. The summed E-state index contributed by atoms with van der Waals surface area (Å²) in [5.74, 6) is 0.296. The zero-order valence-electron chi connectivity index (χ0n) is 8.18. The van der Waals surface area contributed by atoms with E-state index in [1.807, 2.05) is 13.8 Å². The second-order valence-electron chi connectivity index (χ2n) is 3.51. The molecule has 0 saturated carbocycles. The molecule has 0 aliphatic heterocycles. The number of nitrogen functional groups attached to an aromatic ring is 1. The summed E-state index contributed by atoms with van der Waals surface area (Å²) < 4.78 is 18.2. The molecule has 0 heterocycles. The van der Waals surface area contributed by atoms with Crippen molar-refractivity contribution in [3.63, 3.8) is 0 Å². The number of halogens is 2. The van der Waals surface area contributed by atoms with E-state index >= 15 is 0 Å². The first-order chi connectivity index (χ1) is 6.50. The molecular weight excluding hydrogens is 205 g/mol. The largest absolute Gasteiger partial charge is 0.491 e. The molecule has 0 atom stereocenters. The van der Waals surface area contributed by atoms with Gasteiger partial charge in [-0.15, -0.1) is 0 Å². The predicted octanol–water partition coefficient (Wildman–Crippen LogP) is 3.10. The summed E-state index contributed by atoms with van der Waals surface area (Å²) in [6.45, 7) is 4.56. The van der Waals surface area contributed by atoms with Crippen molar-refractivity contribution in [1.82, 2.24) is 0 Å². The van der Waals surface area contributed by atoms with Crippen LogP contribution in [0.3, 0.4) is 0 Å². The number of ether oxygens (including phenoxy) is 1. The van der Waals surface area contributed by atoms with Crippen molar-refractivity contribution in [3.8, 4) is 5.75 Å². The number of nitrogens with two attached hydrogens (primary N) is 1. The van der Waals surface area contributed by atoms with Crippen molar-refractivity contribution in [2.24, 2.45) is 5.92 Å². The average Bonchev–Trinajstić information content (AvgIpc) is 2.09. The Balaban J connectivity index is 2.82. The van der Waals surface area contributed by atoms with Gasteiger partial charge in [-0.25, -0.2) is 4.39 Å². The fourth-order valence-electron chi connectivity index (χ4n) is 0.925. The topological polar surface area (TPSA) is 35.2 Å². The Kier molecular flexibility index (Phi) is 3.58. The zero-order valence-corrected chi connectivity index (χ0v) is 8.94.